The molecule has 1 saturated carbocycles. The number of aryl methyl sites for hydroxylation is 2. The average Bonchev–Trinajstić information content (AvgIpc) is 3.07. The number of aromatic nitrogens is 2. The summed E-state index contributed by atoms with van der Waals surface area (Å²) in [5, 5.41) is 13.7. The number of thioether (sulfide) groups is 1. The van der Waals surface area contributed by atoms with Gasteiger partial charge in [0.25, 0.3) is 5.91 Å². The zero-order valence-corrected chi connectivity index (χ0v) is 13.0. The normalized spacial score (nSPS) is 25.3. The van der Waals surface area contributed by atoms with Crippen molar-refractivity contribution in [1.29, 1.82) is 0 Å². The Balaban J connectivity index is 1.93. The third kappa shape index (κ3) is 2.54. The topological polar surface area (TPSA) is 75.4 Å². The van der Waals surface area contributed by atoms with Crippen molar-refractivity contribution in [1.82, 2.24) is 14.7 Å². The lowest BCUT2D eigenvalue weighted by molar-refractivity contribution is -0.141. The minimum Gasteiger partial charge on any atom is -0.480 e. The predicted molar refractivity (Wildman–Crippen MR) is 79.1 cm³/mol. The van der Waals surface area contributed by atoms with Gasteiger partial charge in [-0.3, -0.25) is 9.48 Å². The van der Waals surface area contributed by atoms with Crippen molar-refractivity contribution in [2.45, 2.75) is 37.6 Å². The van der Waals surface area contributed by atoms with Gasteiger partial charge in [0.05, 0.1) is 16.6 Å². The molecule has 21 heavy (non-hydrogen) atoms. The number of carboxylic acids is 1. The fraction of sp³-hybridized carbons (Fsp3) is 0.643. The Hall–Kier alpha value is -1.50. The highest BCUT2D eigenvalue weighted by atomic mass is 32.2. The maximum atomic E-state index is 12.9. The number of nitrogens with zero attached hydrogens (tertiary/aromatic N) is 3. The molecular formula is C14H19N3O3S. The van der Waals surface area contributed by atoms with Gasteiger partial charge >= 0.3 is 5.97 Å². The number of carbonyl (C=O) groups excluding carboxylic acids is 1. The van der Waals surface area contributed by atoms with E-state index in [9.17, 15) is 14.7 Å². The molecule has 2 heterocycles. The number of hydrogen-bond donors (Lipinski definition) is 1. The van der Waals surface area contributed by atoms with Crippen molar-refractivity contribution in [2.24, 2.45) is 13.0 Å². The third-order valence-electron chi connectivity index (χ3n) is 4.05. The van der Waals surface area contributed by atoms with Gasteiger partial charge in [0, 0.05) is 19.0 Å². The SMILES string of the molecule is CCc1nn(C)cc1C(=O)N1C(C(=O)O)CSC1C1CC1. The van der Waals surface area contributed by atoms with Gasteiger partial charge in [-0.25, -0.2) is 4.79 Å². The smallest absolute Gasteiger partial charge is 0.327 e. The molecule has 6 nitrogen and oxygen atoms in total. The van der Waals surface area contributed by atoms with Gasteiger partial charge in [0.1, 0.15) is 6.04 Å². The van der Waals surface area contributed by atoms with Crippen molar-refractivity contribution in [3.05, 3.63) is 17.5 Å². The second-order valence-corrected chi connectivity index (χ2v) is 6.79. The van der Waals surface area contributed by atoms with Gasteiger partial charge in [-0.1, -0.05) is 6.92 Å². The number of rotatable bonds is 4. The van der Waals surface area contributed by atoms with E-state index >= 15 is 0 Å². The molecule has 3 rings (SSSR count). The lowest BCUT2D eigenvalue weighted by Gasteiger charge is -2.27. The second-order valence-electron chi connectivity index (χ2n) is 5.64. The Morgan fingerprint density at radius 3 is 2.76 bits per heavy atom. The number of carboxylic acid groups (broad SMARTS) is 1. The van der Waals surface area contributed by atoms with E-state index in [1.807, 2.05) is 6.92 Å². The van der Waals surface area contributed by atoms with Crippen LogP contribution >= 0.6 is 11.8 Å². The molecule has 7 heteroatoms. The van der Waals surface area contributed by atoms with Crippen LogP contribution in [0.25, 0.3) is 0 Å². The summed E-state index contributed by atoms with van der Waals surface area (Å²) in [6, 6.07) is -0.724. The van der Waals surface area contributed by atoms with Crippen molar-refractivity contribution < 1.29 is 14.7 Å². The van der Waals surface area contributed by atoms with Crippen LogP contribution in [0.3, 0.4) is 0 Å². The zero-order chi connectivity index (χ0) is 15.1. The molecule has 114 valence electrons. The standard InChI is InChI=1S/C14H19N3O3S/c1-3-10-9(6-16(2)15-10)12(18)17-11(14(19)20)7-21-13(17)8-4-5-8/h6,8,11,13H,3-5,7H2,1-2H3,(H,19,20). The summed E-state index contributed by atoms with van der Waals surface area (Å²) in [5.74, 6) is -0.176. The van der Waals surface area contributed by atoms with E-state index < -0.39 is 12.0 Å². The average molecular weight is 309 g/mol. The van der Waals surface area contributed by atoms with E-state index in [0.29, 0.717) is 23.7 Å². The maximum absolute atomic E-state index is 12.9. The van der Waals surface area contributed by atoms with E-state index in [0.717, 1.165) is 18.5 Å². The lowest BCUT2D eigenvalue weighted by atomic mass is 10.1. The van der Waals surface area contributed by atoms with Crippen LogP contribution in [0.1, 0.15) is 35.8 Å². The molecule has 0 bridgehead atoms. The summed E-state index contributed by atoms with van der Waals surface area (Å²) in [6.45, 7) is 1.95. The third-order valence-corrected chi connectivity index (χ3v) is 5.51. The van der Waals surface area contributed by atoms with Gasteiger partial charge in [-0.05, 0) is 25.2 Å². The minimum absolute atomic E-state index is 0.00325. The fourth-order valence-corrected chi connectivity index (χ4v) is 4.46. The molecule has 1 aromatic heterocycles. The van der Waals surface area contributed by atoms with Crippen molar-refractivity contribution in [3.63, 3.8) is 0 Å². The van der Waals surface area contributed by atoms with Crippen LogP contribution in [0.4, 0.5) is 0 Å². The predicted octanol–water partition coefficient (Wildman–Crippen LogP) is 1.36. The van der Waals surface area contributed by atoms with E-state index in [4.69, 9.17) is 0 Å². The highest BCUT2D eigenvalue weighted by molar-refractivity contribution is 8.00. The summed E-state index contributed by atoms with van der Waals surface area (Å²) in [7, 11) is 1.78. The summed E-state index contributed by atoms with van der Waals surface area (Å²) in [5.41, 5.74) is 1.28. The molecule has 2 atom stereocenters. The van der Waals surface area contributed by atoms with Crippen molar-refractivity contribution in [2.75, 3.05) is 5.75 Å². The first-order valence-electron chi connectivity index (χ1n) is 7.22. The van der Waals surface area contributed by atoms with Gasteiger partial charge in [0.15, 0.2) is 0 Å². The Kier molecular flexibility index (Phi) is 3.69. The number of carbonyl (C=O) groups is 2. The van der Waals surface area contributed by atoms with Crippen LogP contribution in [-0.4, -0.2) is 48.8 Å². The zero-order valence-electron chi connectivity index (χ0n) is 12.2. The second kappa shape index (κ2) is 5.36. The van der Waals surface area contributed by atoms with Crippen LogP contribution < -0.4 is 0 Å². The summed E-state index contributed by atoms with van der Waals surface area (Å²) < 4.78 is 1.62. The lowest BCUT2D eigenvalue weighted by Crippen LogP contribution is -2.46. The van der Waals surface area contributed by atoms with Gasteiger partial charge in [-0.2, -0.15) is 5.10 Å². The first-order valence-corrected chi connectivity index (χ1v) is 8.27. The van der Waals surface area contributed by atoms with Gasteiger partial charge in [0.2, 0.25) is 0 Å². The number of hydrogen-bond acceptors (Lipinski definition) is 4. The fourth-order valence-electron chi connectivity index (χ4n) is 2.83. The number of aliphatic carboxylic acids is 1. The molecule has 0 spiro atoms. The molecule has 1 amide bonds. The first kappa shape index (κ1) is 14.4. The first-order chi connectivity index (χ1) is 10.0. The maximum Gasteiger partial charge on any atom is 0.327 e. The summed E-state index contributed by atoms with van der Waals surface area (Å²) in [6.07, 6.45) is 4.53. The summed E-state index contributed by atoms with van der Waals surface area (Å²) in [4.78, 5) is 25.9. The van der Waals surface area contributed by atoms with Crippen LogP contribution in [-0.2, 0) is 18.3 Å². The van der Waals surface area contributed by atoms with Gasteiger partial charge in [-0.15, -0.1) is 11.8 Å². The van der Waals surface area contributed by atoms with Crippen LogP contribution in [0.5, 0.6) is 0 Å². The van der Waals surface area contributed by atoms with Crippen LogP contribution in [0.15, 0.2) is 6.20 Å². The van der Waals surface area contributed by atoms with Gasteiger partial charge < -0.3 is 10.0 Å². The molecule has 2 fully saturated rings. The monoisotopic (exact) mass is 309 g/mol. The molecule has 1 aliphatic heterocycles. The van der Waals surface area contributed by atoms with E-state index in [2.05, 4.69) is 5.10 Å². The molecule has 2 unspecified atom stereocenters. The van der Waals surface area contributed by atoms with E-state index in [1.165, 1.54) is 0 Å². The molecule has 1 N–H and O–H groups in total. The highest BCUT2D eigenvalue weighted by Gasteiger charge is 2.48. The van der Waals surface area contributed by atoms with E-state index in [-0.39, 0.29) is 11.3 Å². The van der Waals surface area contributed by atoms with E-state index in [1.54, 1.807) is 34.6 Å². The Bertz CT molecular complexity index is 582. The summed E-state index contributed by atoms with van der Waals surface area (Å²) >= 11 is 1.60. The Morgan fingerprint density at radius 1 is 1.48 bits per heavy atom. The molecule has 2 aliphatic rings. The minimum atomic E-state index is -0.916. The number of amides is 1. The van der Waals surface area contributed by atoms with Crippen LogP contribution in [0, 0.1) is 5.92 Å². The largest absolute Gasteiger partial charge is 0.480 e. The molecule has 1 saturated heterocycles. The van der Waals surface area contributed by atoms with Crippen molar-refractivity contribution in [3.8, 4) is 0 Å². The molecule has 0 radical (unpaired) electrons. The Morgan fingerprint density at radius 2 is 2.19 bits per heavy atom. The molecule has 1 aliphatic carbocycles. The highest BCUT2D eigenvalue weighted by Crippen LogP contribution is 2.46. The quantitative estimate of drug-likeness (QED) is 0.909. The van der Waals surface area contributed by atoms with Crippen molar-refractivity contribution >= 4 is 23.6 Å². The van der Waals surface area contributed by atoms with Crippen LogP contribution in [0.2, 0.25) is 0 Å². The molecular weight excluding hydrogens is 290 g/mol. The molecule has 0 aromatic carbocycles. The Labute approximate surface area is 127 Å². The molecule has 1 aromatic rings.